The van der Waals surface area contributed by atoms with Crippen molar-refractivity contribution in [3.05, 3.63) is 70.8 Å². The fourth-order valence-corrected chi connectivity index (χ4v) is 5.35. The first-order valence-corrected chi connectivity index (χ1v) is 15.2. The van der Waals surface area contributed by atoms with Crippen molar-refractivity contribution in [3.63, 3.8) is 0 Å². The SMILES string of the molecule is C=CC(=O)Oc1ccc(C(C)(C)C(C)C(C)c2cc(C(C)(C)CC)cc(C(C)(C)CC)c2O)cc1C(C)(C)CC. The van der Waals surface area contributed by atoms with Gasteiger partial charge in [0.1, 0.15) is 11.5 Å². The Balaban J connectivity index is 2.70. The van der Waals surface area contributed by atoms with Crippen LogP contribution in [0.4, 0.5) is 0 Å². The van der Waals surface area contributed by atoms with Crippen molar-refractivity contribution in [2.45, 2.75) is 137 Å². The zero-order valence-electron chi connectivity index (χ0n) is 27.7. The van der Waals surface area contributed by atoms with E-state index < -0.39 is 5.97 Å². The molecule has 2 aromatic carbocycles. The van der Waals surface area contributed by atoms with Crippen LogP contribution < -0.4 is 4.74 Å². The van der Waals surface area contributed by atoms with Gasteiger partial charge in [-0.25, -0.2) is 4.79 Å². The number of phenolic OH excluding ortho intramolecular Hbond substituents is 1. The first kappa shape index (κ1) is 33.7. The molecule has 3 nitrogen and oxygen atoms in total. The van der Waals surface area contributed by atoms with Crippen molar-refractivity contribution in [2.24, 2.45) is 5.92 Å². The van der Waals surface area contributed by atoms with Crippen LogP contribution in [0.3, 0.4) is 0 Å². The van der Waals surface area contributed by atoms with Gasteiger partial charge in [-0.15, -0.1) is 0 Å². The normalized spacial score (nSPS) is 14.5. The van der Waals surface area contributed by atoms with Crippen molar-refractivity contribution >= 4 is 5.97 Å². The molecule has 0 aromatic heterocycles. The van der Waals surface area contributed by atoms with Crippen LogP contribution in [0.1, 0.15) is 143 Å². The third-order valence-electron chi connectivity index (χ3n) is 10.5. The van der Waals surface area contributed by atoms with Gasteiger partial charge in [-0.05, 0) is 75.5 Å². The lowest BCUT2D eigenvalue weighted by atomic mass is 9.65. The highest BCUT2D eigenvalue weighted by atomic mass is 16.5. The fourth-order valence-electron chi connectivity index (χ4n) is 5.35. The lowest BCUT2D eigenvalue weighted by molar-refractivity contribution is -0.129. The molecule has 2 atom stereocenters. The number of carbonyl (C=O) groups is 1. The average Bonchev–Trinajstić information content (AvgIpc) is 2.91. The highest BCUT2D eigenvalue weighted by Gasteiger charge is 2.37. The molecule has 40 heavy (non-hydrogen) atoms. The third kappa shape index (κ3) is 6.67. The van der Waals surface area contributed by atoms with Crippen LogP contribution in [-0.4, -0.2) is 11.1 Å². The second-order valence-corrected chi connectivity index (χ2v) is 14.3. The number of ether oxygens (including phenoxy) is 1. The monoisotopic (exact) mass is 548 g/mol. The molecule has 2 aromatic rings. The van der Waals surface area contributed by atoms with Gasteiger partial charge in [0.25, 0.3) is 0 Å². The molecule has 0 amide bonds. The van der Waals surface area contributed by atoms with E-state index in [-0.39, 0.29) is 33.5 Å². The second-order valence-electron chi connectivity index (χ2n) is 14.3. The smallest absolute Gasteiger partial charge is 0.335 e. The highest BCUT2D eigenvalue weighted by molar-refractivity contribution is 5.83. The lowest BCUT2D eigenvalue weighted by Gasteiger charge is -2.39. The van der Waals surface area contributed by atoms with Crippen molar-refractivity contribution < 1.29 is 14.6 Å². The van der Waals surface area contributed by atoms with Crippen LogP contribution in [0.5, 0.6) is 11.5 Å². The van der Waals surface area contributed by atoms with Crippen molar-refractivity contribution in [2.75, 3.05) is 0 Å². The number of benzene rings is 2. The van der Waals surface area contributed by atoms with Gasteiger partial charge in [-0.3, -0.25) is 0 Å². The van der Waals surface area contributed by atoms with E-state index in [2.05, 4.69) is 121 Å². The van der Waals surface area contributed by atoms with Crippen LogP contribution in [-0.2, 0) is 26.5 Å². The van der Waals surface area contributed by atoms with Gasteiger partial charge < -0.3 is 9.84 Å². The number of carbonyl (C=O) groups excluding carboxylic acids is 1. The van der Waals surface area contributed by atoms with Gasteiger partial charge in [-0.2, -0.15) is 0 Å². The molecule has 3 heteroatoms. The summed E-state index contributed by atoms with van der Waals surface area (Å²) < 4.78 is 5.66. The van der Waals surface area contributed by atoms with Crippen LogP contribution in [0.25, 0.3) is 0 Å². The molecule has 0 spiro atoms. The Hall–Kier alpha value is -2.55. The molecule has 0 radical (unpaired) electrons. The van der Waals surface area contributed by atoms with E-state index in [0.717, 1.165) is 36.0 Å². The summed E-state index contributed by atoms with van der Waals surface area (Å²) in [4.78, 5) is 12.1. The minimum Gasteiger partial charge on any atom is -0.507 e. The third-order valence-corrected chi connectivity index (χ3v) is 10.5. The van der Waals surface area contributed by atoms with Gasteiger partial charge in [0.15, 0.2) is 0 Å². The molecule has 0 heterocycles. The molecule has 222 valence electrons. The Morgan fingerprint density at radius 2 is 1.32 bits per heavy atom. The van der Waals surface area contributed by atoms with E-state index in [1.807, 2.05) is 6.07 Å². The Morgan fingerprint density at radius 3 is 1.82 bits per heavy atom. The molecule has 0 saturated carbocycles. The first-order valence-electron chi connectivity index (χ1n) is 15.2. The zero-order valence-corrected chi connectivity index (χ0v) is 27.7. The molecule has 0 aliphatic carbocycles. The first-order chi connectivity index (χ1) is 18.3. The number of aromatic hydroxyl groups is 1. The van der Waals surface area contributed by atoms with Gasteiger partial charge >= 0.3 is 5.97 Å². The fraction of sp³-hybridized carbons (Fsp3) is 0.595. The minimum absolute atomic E-state index is 0.0127. The summed E-state index contributed by atoms with van der Waals surface area (Å²) in [6.07, 6.45) is 4.09. The van der Waals surface area contributed by atoms with Gasteiger partial charge in [0.2, 0.25) is 0 Å². The zero-order chi connectivity index (χ0) is 30.8. The van der Waals surface area contributed by atoms with Gasteiger partial charge in [0, 0.05) is 17.2 Å². The Labute approximate surface area is 245 Å². The summed E-state index contributed by atoms with van der Waals surface area (Å²) in [6, 6.07) is 10.8. The van der Waals surface area contributed by atoms with E-state index in [1.165, 1.54) is 17.2 Å². The minimum atomic E-state index is -0.446. The summed E-state index contributed by atoms with van der Waals surface area (Å²) in [7, 11) is 0. The molecule has 0 aliphatic rings. The molecule has 0 fully saturated rings. The predicted octanol–water partition coefficient (Wildman–Crippen LogP) is 10.3. The Bertz CT molecular complexity index is 1210. The molecule has 0 bridgehead atoms. The second kappa shape index (κ2) is 12.1. The average molecular weight is 549 g/mol. The molecule has 1 N–H and O–H groups in total. The topological polar surface area (TPSA) is 46.5 Å². The number of hydrogen-bond donors (Lipinski definition) is 1. The molecule has 0 aliphatic heterocycles. The number of phenols is 1. The number of rotatable bonds is 12. The van der Waals surface area contributed by atoms with Crippen molar-refractivity contribution in [3.8, 4) is 11.5 Å². The maximum Gasteiger partial charge on any atom is 0.335 e. The van der Waals surface area contributed by atoms with E-state index in [0.29, 0.717) is 11.5 Å². The maximum atomic E-state index is 12.1. The van der Waals surface area contributed by atoms with Crippen LogP contribution >= 0.6 is 0 Å². The van der Waals surface area contributed by atoms with Crippen LogP contribution in [0.2, 0.25) is 0 Å². The maximum absolute atomic E-state index is 12.1. The number of hydrogen-bond acceptors (Lipinski definition) is 3. The predicted molar refractivity (Wildman–Crippen MR) is 171 cm³/mol. The molecule has 2 rings (SSSR count). The van der Waals surface area contributed by atoms with Crippen molar-refractivity contribution in [1.82, 2.24) is 0 Å². The summed E-state index contributed by atoms with van der Waals surface area (Å²) in [5.74, 6) is 0.899. The van der Waals surface area contributed by atoms with E-state index in [1.54, 1.807) is 0 Å². The molecule has 2 unspecified atom stereocenters. The van der Waals surface area contributed by atoms with E-state index >= 15 is 0 Å². The van der Waals surface area contributed by atoms with Gasteiger partial charge in [-0.1, -0.05) is 121 Å². The van der Waals surface area contributed by atoms with E-state index in [9.17, 15) is 9.90 Å². The van der Waals surface area contributed by atoms with Crippen LogP contribution in [0.15, 0.2) is 43.0 Å². The standard InChI is InChI=1S/C37H56O3/c1-15-32(38)40-31-20-19-26(22-29(31)35(9,10)17-3)37(13,14)25(6)24(5)28-21-27(34(7,8)16-2)23-30(33(28)39)36(11,12)18-4/h15,19-25,39H,1,16-18H2,2-14H3. The molecular formula is C37H56O3. The molecular weight excluding hydrogens is 492 g/mol. The lowest BCUT2D eigenvalue weighted by Crippen LogP contribution is -2.32. The Kier molecular flexibility index (Phi) is 10.2. The van der Waals surface area contributed by atoms with Crippen molar-refractivity contribution in [1.29, 1.82) is 0 Å². The largest absolute Gasteiger partial charge is 0.507 e. The Morgan fingerprint density at radius 1 is 0.825 bits per heavy atom. The van der Waals surface area contributed by atoms with Crippen LogP contribution in [0, 0.1) is 5.92 Å². The van der Waals surface area contributed by atoms with Gasteiger partial charge in [0.05, 0.1) is 0 Å². The summed E-state index contributed by atoms with van der Waals surface area (Å²) in [5.41, 5.74) is 5.07. The highest BCUT2D eigenvalue weighted by Crippen LogP contribution is 2.48. The summed E-state index contributed by atoms with van der Waals surface area (Å²) >= 11 is 0. The molecule has 0 saturated heterocycles. The summed E-state index contributed by atoms with van der Waals surface area (Å²) in [6.45, 7) is 32.7. The summed E-state index contributed by atoms with van der Waals surface area (Å²) in [5, 5.41) is 11.7. The van der Waals surface area contributed by atoms with E-state index in [4.69, 9.17) is 4.74 Å². The number of esters is 1. The quantitative estimate of drug-likeness (QED) is 0.163.